The molecule has 0 aliphatic carbocycles. The Hall–Kier alpha value is -1.68. The number of rotatable bonds is 4. The summed E-state index contributed by atoms with van der Waals surface area (Å²) in [6, 6.07) is 8.51. The summed E-state index contributed by atoms with van der Waals surface area (Å²) in [6.07, 6.45) is 9.92. The molecule has 0 aromatic heterocycles. The van der Waals surface area contributed by atoms with Crippen LogP contribution in [-0.4, -0.2) is 7.11 Å². The number of methoxy groups -OCH3 is 1. The number of benzene rings is 1. The molecule has 0 bridgehead atoms. The normalized spacial score (nSPS) is 10.1. The minimum absolute atomic E-state index is 0.851. The molecule has 0 N–H and O–H groups in total. The Morgan fingerprint density at radius 3 is 2.28 bits per heavy atom. The van der Waals surface area contributed by atoms with E-state index in [1.807, 2.05) is 0 Å². The van der Waals surface area contributed by atoms with Crippen LogP contribution < -0.4 is 0 Å². The third-order valence-corrected chi connectivity index (χ3v) is 2.29. The monoisotopic (exact) mass is 244 g/mol. The van der Waals surface area contributed by atoms with E-state index in [0.29, 0.717) is 0 Å². The van der Waals surface area contributed by atoms with E-state index < -0.39 is 0 Å². The van der Waals surface area contributed by atoms with Gasteiger partial charge in [-0.2, -0.15) is 0 Å². The molecule has 0 saturated heterocycles. The van der Waals surface area contributed by atoms with Crippen molar-refractivity contribution >= 4 is 0 Å². The average Bonchev–Trinajstić information content (AvgIpc) is 2.37. The molecular formula is C17H24O. The number of hydrogen-bond donors (Lipinski definition) is 0. The second-order valence-electron chi connectivity index (χ2n) is 4.17. The molecular weight excluding hydrogens is 220 g/mol. The molecule has 0 atom stereocenters. The lowest BCUT2D eigenvalue weighted by Gasteiger charge is -2.05. The molecule has 0 aliphatic rings. The molecule has 98 valence electrons. The Labute approximate surface area is 112 Å². The Kier molecular flexibility index (Phi) is 9.50. The van der Waals surface area contributed by atoms with Crippen LogP contribution in [0, 0.1) is 19.3 Å². The zero-order chi connectivity index (χ0) is 13.8. The molecule has 0 amide bonds. The van der Waals surface area contributed by atoms with Gasteiger partial charge in [0, 0.05) is 12.5 Å². The quantitative estimate of drug-likeness (QED) is 0.559. The van der Waals surface area contributed by atoms with Crippen molar-refractivity contribution in [1.82, 2.24) is 0 Å². The van der Waals surface area contributed by atoms with Crippen molar-refractivity contribution in [3.63, 3.8) is 0 Å². The SMILES string of the molecule is C#C/C=C(/CCc1ccc(C)cc1)OC.CCC. The van der Waals surface area contributed by atoms with Gasteiger partial charge in [0.15, 0.2) is 0 Å². The van der Waals surface area contributed by atoms with E-state index in [4.69, 9.17) is 11.2 Å². The molecule has 1 nitrogen and oxygen atoms in total. The number of allylic oxidation sites excluding steroid dienone is 2. The van der Waals surface area contributed by atoms with Gasteiger partial charge < -0.3 is 4.74 Å². The Bertz CT molecular complexity index is 379. The fourth-order valence-electron chi connectivity index (χ4n) is 1.35. The van der Waals surface area contributed by atoms with Crippen molar-refractivity contribution in [3.8, 4) is 12.3 Å². The number of hydrogen-bond acceptors (Lipinski definition) is 1. The summed E-state index contributed by atoms with van der Waals surface area (Å²) in [5.41, 5.74) is 2.59. The molecule has 1 heteroatoms. The molecule has 0 aliphatic heterocycles. The van der Waals surface area contributed by atoms with Gasteiger partial charge in [0.2, 0.25) is 0 Å². The summed E-state index contributed by atoms with van der Waals surface area (Å²) in [7, 11) is 1.65. The van der Waals surface area contributed by atoms with E-state index in [-0.39, 0.29) is 0 Å². The second kappa shape index (κ2) is 10.5. The molecule has 1 rings (SSSR count). The number of terminal acetylenes is 1. The molecule has 0 radical (unpaired) electrons. The average molecular weight is 244 g/mol. The van der Waals surface area contributed by atoms with Gasteiger partial charge in [-0.15, -0.1) is 6.42 Å². The maximum atomic E-state index is 5.19. The van der Waals surface area contributed by atoms with Crippen LogP contribution in [0.3, 0.4) is 0 Å². The van der Waals surface area contributed by atoms with Crippen LogP contribution in [0.1, 0.15) is 37.8 Å². The summed E-state index contributed by atoms with van der Waals surface area (Å²) in [6.45, 7) is 6.34. The fourth-order valence-corrected chi connectivity index (χ4v) is 1.35. The molecule has 0 spiro atoms. The largest absolute Gasteiger partial charge is 0.500 e. The third kappa shape index (κ3) is 7.57. The minimum Gasteiger partial charge on any atom is -0.500 e. The van der Waals surface area contributed by atoms with E-state index in [9.17, 15) is 0 Å². The van der Waals surface area contributed by atoms with Crippen LogP contribution in [-0.2, 0) is 11.2 Å². The van der Waals surface area contributed by atoms with Gasteiger partial charge in [-0.3, -0.25) is 0 Å². The zero-order valence-electron chi connectivity index (χ0n) is 12.0. The van der Waals surface area contributed by atoms with Crippen molar-refractivity contribution in [2.45, 2.75) is 40.0 Å². The highest BCUT2D eigenvalue weighted by Gasteiger charge is 1.97. The van der Waals surface area contributed by atoms with Gasteiger partial charge in [-0.05, 0) is 18.9 Å². The van der Waals surface area contributed by atoms with Gasteiger partial charge in [-0.1, -0.05) is 56.0 Å². The number of ether oxygens (including phenoxy) is 1. The van der Waals surface area contributed by atoms with Crippen molar-refractivity contribution < 1.29 is 4.74 Å². The molecule has 0 saturated carbocycles. The first-order valence-electron chi connectivity index (χ1n) is 6.42. The first kappa shape index (κ1) is 16.3. The van der Waals surface area contributed by atoms with Crippen molar-refractivity contribution in [2.24, 2.45) is 0 Å². The lowest BCUT2D eigenvalue weighted by Crippen LogP contribution is -1.91. The van der Waals surface area contributed by atoms with Gasteiger partial charge in [-0.25, -0.2) is 0 Å². The van der Waals surface area contributed by atoms with E-state index in [1.165, 1.54) is 17.5 Å². The highest BCUT2D eigenvalue weighted by molar-refractivity contribution is 5.22. The highest BCUT2D eigenvalue weighted by Crippen LogP contribution is 2.10. The highest BCUT2D eigenvalue weighted by atomic mass is 16.5. The summed E-state index contributed by atoms with van der Waals surface area (Å²) < 4.78 is 5.15. The Morgan fingerprint density at radius 1 is 1.28 bits per heavy atom. The molecule has 0 fully saturated rings. The van der Waals surface area contributed by atoms with Crippen LogP contribution in [0.2, 0.25) is 0 Å². The second-order valence-corrected chi connectivity index (χ2v) is 4.17. The van der Waals surface area contributed by atoms with Crippen LogP contribution in [0.15, 0.2) is 36.1 Å². The van der Waals surface area contributed by atoms with Gasteiger partial charge in [0.1, 0.15) is 5.76 Å². The maximum absolute atomic E-state index is 5.19. The van der Waals surface area contributed by atoms with Crippen molar-refractivity contribution in [3.05, 3.63) is 47.2 Å². The maximum Gasteiger partial charge on any atom is 0.104 e. The summed E-state index contributed by atoms with van der Waals surface area (Å²) in [5, 5.41) is 0. The fraction of sp³-hybridized carbons (Fsp3) is 0.412. The van der Waals surface area contributed by atoms with Crippen molar-refractivity contribution in [2.75, 3.05) is 7.11 Å². The van der Waals surface area contributed by atoms with Crippen LogP contribution in [0.4, 0.5) is 0 Å². The smallest absolute Gasteiger partial charge is 0.104 e. The Balaban J connectivity index is 0.000000873. The lowest BCUT2D eigenvalue weighted by atomic mass is 10.1. The summed E-state index contributed by atoms with van der Waals surface area (Å²) in [5.74, 6) is 3.34. The van der Waals surface area contributed by atoms with E-state index in [0.717, 1.165) is 18.6 Å². The van der Waals surface area contributed by atoms with Crippen LogP contribution in [0.25, 0.3) is 0 Å². The van der Waals surface area contributed by atoms with Gasteiger partial charge in [0.25, 0.3) is 0 Å². The van der Waals surface area contributed by atoms with Gasteiger partial charge in [0.05, 0.1) is 7.11 Å². The Morgan fingerprint density at radius 2 is 1.83 bits per heavy atom. The van der Waals surface area contributed by atoms with Gasteiger partial charge >= 0.3 is 0 Å². The molecule has 1 aromatic rings. The standard InChI is InChI=1S/C14H16O.C3H8/c1-4-5-14(15-3)11-10-13-8-6-12(2)7-9-13;1-3-2/h1,5-9H,10-11H2,2-3H3;3H2,1-2H3/b14-5-;. The first-order chi connectivity index (χ1) is 8.67. The third-order valence-electron chi connectivity index (χ3n) is 2.29. The van der Waals surface area contributed by atoms with E-state index in [1.54, 1.807) is 13.2 Å². The number of aryl methyl sites for hydroxylation is 2. The van der Waals surface area contributed by atoms with Crippen molar-refractivity contribution in [1.29, 1.82) is 0 Å². The van der Waals surface area contributed by atoms with Crippen LogP contribution in [0.5, 0.6) is 0 Å². The molecule has 1 aromatic carbocycles. The predicted octanol–water partition coefficient (Wildman–Crippen LogP) is 4.51. The van der Waals surface area contributed by atoms with E-state index >= 15 is 0 Å². The minimum atomic E-state index is 0.851. The zero-order valence-corrected chi connectivity index (χ0v) is 12.0. The first-order valence-corrected chi connectivity index (χ1v) is 6.42. The topological polar surface area (TPSA) is 9.23 Å². The van der Waals surface area contributed by atoms with E-state index in [2.05, 4.69) is 51.0 Å². The predicted molar refractivity (Wildman–Crippen MR) is 79.4 cm³/mol. The summed E-state index contributed by atoms with van der Waals surface area (Å²) >= 11 is 0. The summed E-state index contributed by atoms with van der Waals surface area (Å²) in [4.78, 5) is 0. The lowest BCUT2D eigenvalue weighted by molar-refractivity contribution is 0.277. The molecule has 18 heavy (non-hydrogen) atoms. The molecule has 0 unspecified atom stereocenters. The van der Waals surface area contributed by atoms with Crippen LogP contribution >= 0.6 is 0 Å². The molecule has 0 heterocycles.